The zero-order valence-electron chi connectivity index (χ0n) is 7.00. The maximum Gasteiger partial charge on any atom is 0.0950 e. The van der Waals surface area contributed by atoms with Crippen molar-refractivity contribution in [3.8, 4) is 0 Å². The fraction of sp³-hybridized carbons (Fsp3) is 0. The highest BCUT2D eigenvalue weighted by Gasteiger charge is 1.99. The molecule has 2 nitrogen and oxygen atoms in total. The fourth-order valence-corrected chi connectivity index (χ4v) is 2.14. The van der Waals surface area contributed by atoms with Gasteiger partial charge in [0.15, 0.2) is 0 Å². The van der Waals surface area contributed by atoms with Gasteiger partial charge in [0.1, 0.15) is 0 Å². The Morgan fingerprint density at radius 3 is 2.71 bits per heavy atom. The number of aromatic nitrogens is 1. The summed E-state index contributed by atoms with van der Waals surface area (Å²) in [5, 5.41) is 4.73. The van der Waals surface area contributed by atoms with Gasteiger partial charge in [0.25, 0.3) is 0 Å². The summed E-state index contributed by atoms with van der Waals surface area (Å²) in [6, 6.07) is 5.56. The van der Waals surface area contributed by atoms with Gasteiger partial charge in [0, 0.05) is 6.20 Å². The summed E-state index contributed by atoms with van der Waals surface area (Å²) in [5.41, 5.74) is 0.857. The molecule has 0 atom stereocenters. The van der Waals surface area contributed by atoms with E-state index in [0.29, 0.717) is 5.02 Å². The van der Waals surface area contributed by atoms with E-state index in [1.807, 2.05) is 18.2 Å². The summed E-state index contributed by atoms with van der Waals surface area (Å²) in [5.74, 6) is 0. The molecule has 0 radical (unpaired) electrons. The van der Waals surface area contributed by atoms with E-state index in [1.54, 1.807) is 12.4 Å². The predicted octanol–water partition coefficient (Wildman–Crippen LogP) is 4.19. The number of rotatable bonds is 2. The zero-order chi connectivity index (χ0) is 9.97. The highest BCUT2D eigenvalue weighted by molar-refractivity contribution is 7.19. The van der Waals surface area contributed by atoms with Gasteiger partial charge in [-0.1, -0.05) is 23.2 Å². The van der Waals surface area contributed by atoms with Crippen LogP contribution in [0.5, 0.6) is 0 Å². The molecule has 0 spiro atoms. The van der Waals surface area contributed by atoms with Crippen LogP contribution < -0.4 is 5.32 Å². The van der Waals surface area contributed by atoms with Crippen LogP contribution in [0, 0.1) is 0 Å². The van der Waals surface area contributed by atoms with E-state index in [2.05, 4.69) is 10.3 Å². The van der Waals surface area contributed by atoms with E-state index in [0.717, 1.165) is 15.0 Å². The molecule has 0 bridgehead atoms. The van der Waals surface area contributed by atoms with Crippen molar-refractivity contribution in [2.75, 3.05) is 5.32 Å². The molecule has 0 aliphatic heterocycles. The number of halogens is 2. The van der Waals surface area contributed by atoms with Gasteiger partial charge in [0.2, 0.25) is 0 Å². The maximum absolute atomic E-state index is 5.79. The zero-order valence-corrected chi connectivity index (χ0v) is 9.33. The third-order valence-corrected chi connectivity index (χ3v) is 2.90. The van der Waals surface area contributed by atoms with Crippen molar-refractivity contribution in [2.24, 2.45) is 0 Å². The van der Waals surface area contributed by atoms with Crippen LogP contribution in [0.3, 0.4) is 0 Å². The number of pyridine rings is 1. The number of anilines is 2. The highest BCUT2D eigenvalue weighted by atomic mass is 35.5. The van der Waals surface area contributed by atoms with Crippen LogP contribution in [0.1, 0.15) is 0 Å². The maximum atomic E-state index is 5.79. The number of hydrogen-bond donors (Lipinski definition) is 1. The van der Waals surface area contributed by atoms with Crippen molar-refractivity contribution in [2.45, 2.75) is 0 Å². The van der Waals surface area contributed by atoms with Crippen LogP contribution in [0.25, 0.3) is 0 Å². The van der Waals surface area contributed by atoms with Gasteiger partial charge in [0.05, 0.1) is 26.2 Å². The molecule has 0 unspecified atom stereocenters. The summed E-state index contributed by atoms with van der Waals surface area (Å²) in [6.45, 7) is 0. The van der Waals surface area contributed by atoms with E-state index in [4.69, 9.17) is 23.2 Å². The van der Waals surface area contributed by atoms with Gasteiger partial charge in [-0.25, -0.2) is 0 Å². The molecule has 72 valence electrons. The van der Waals surface area contributed by atoms with Crippen LogP contribution in [0.15, 0.2) is 30.6 Å². The fourth-order valence-electron chi connectivity index (χ4n) is 1.00. The molecule has 5 heteroatoms. The Morgan fingerprint density at radius 1 is 1.21 bits per heavy atom. The minimum Gasteiger partial charge on any atom is -0.346 e. The second kappa shape index (κ2) is 4.17. The molecule has 0 amide bonds. The highest BCUT2D eigenvalue weighted by Crippen LogP contribution is 2.29. The van der Waals surface area contributed by atoms with Crippen molar-refractivity contribution < 1.29 is 0 Å². The molecule has 2 aromatic rings. The number of hydrogen-bond acceptors (Lipinski definition) is 3. The standard InChI is InChI=1S/C9H6Cl2N2S/c10-6-3-7(5-12-4-6)13-9-2-1-8(11)14-9/h1-5,13H. The minimum absolute atomic E-state index is 0.609. The van der Waals surface area contributed by atoms with E-state index >= 15 is 0 Å². The molecule has 2 aromatic heterocycles. The van der Waals surface area contributed by atoms with Gasteiger partial charge in [-0.05, 0) is 18.2 Å². The third kappa shape index (κ3) is 2.38. The van der Waals surface area contributed by atoms with Gasteiger partial charge in [-0.15, -0.1) is 11.3 Å². The van der Waals surface area contributed by atoms with Crippen molar-refractivity contribution in [1.82, 2.24) is 4.98 Å². The van der Waals surface area contributed by atoms with E-state index < -0.39 is 0 Å². The molecular weight excluding hydrogens is 239 g/mol. The first-order chi connectivity index (χ1) is 6.74. The normalized spacial score (nSPS) is 10.1. The van der Waals surface area contributed by atoms with Crippen molar-refractivity contribution >= 4 is 45.2 Å². The second-order valence-corrected chi connectivity index (χ2v) is 4.77. The topological polar surface area (TPSA) is 24.9 Å². The van der Waals surface area contributed by atoms with Crippen molar-refractivity contribution in [3.63, 3.8) is 0 Å². The first kappa shape index (κ1) is 9.77. The van der Waals surface area contributed by atoms with Gasteiger partial charge >= 0.3 is 0 Å². The first-order valence-corrected chi connectivity index (χ1v) is 5.44. The number of thiophene rings is 1. The van der Waals surface area contributed by atoms with Gasteiger partial charge in [-0.2, -0.15) is 0 Å². The van der Waals surface area contributed by atoms with Gasteiger partial charge in [-0.3, -0.25) is 4.98 Å². The lowest BCUT2D eigenvalue weighted by Gasteiger charge is -2.01. The molecular formula is C9H6Cl2N2S. The SMILES string of the molecule is Clc1cncc(Nc2ccc(Cl)s2)c1. The molecule has 0 aliphatic rings. The minimum atomic E-state index is 0.609. The summed E-state index contributed by atoms with van der Waals surface area (Å²) in [6.07, 6.45) is 3.30. The smallest absolute Gasteiger partial charge is 0.0950 e. The molecule has 0 fully saturated rings. The average Bonchev–Trinajstić information content (AvgIpc) is 2.51. The number of nitrogens with zero attached hydrogens (tertiary/aromatic N) is 1. The lowest BCUT2D eigenvalue weighted by molar-refractivity contribution is 1.32. The van der Waals surface area contributed by atoms with Crippen molar-refractivity contribution in [1.29, 1.82) is 0 Å². The molecule has 2 heterocycles. The van der Waals surface area contributed by atoms with E-state index in [1.165, 1.54) is 11.3 Å². The first-order valence-electron chi connectivity index (χ1n) is 3.87. The Bertz CT molecular complexity index is 442. The van der Waals surface area contributed by atoms with Crippen LogP contribution in [0.4, 0.5) is 10.7 Å². The Morgan fingerprint density at radius 2 is 2.07 bits per heavy atom. The third-order valence-electron chi connectivity index (χ3n) is 1.55. The lowest BCUT2D eigenvalue weighted by Crippen LogP contribution is -1.87. The Kier molecular flexibility index (Phi) is 2.91. The molecule has 0 aliphatic carbocycles. The van der Waals surface area contributed by atoms with E-state index in [9.17, 15) is 0 Å². The summed E-state index contributed by atoms with van der Waals surface area (Å²) < 4.78 is 0.752. The Balaban J connectivity index is 2.18. The monoisotopic (exact) mass is 244 g/mol. The van der Waals surface area contributed by atoms with Crippen LogP contribution in [-0.4, -0.2) is 4.98 Å². The Hall–Kier alpha value is -0.770. The quantitative estimate of drug-likeness (QED) is 0.857. The summed E-state index contributed by atoms with van der Waals surface area (Å²) >= 11 is 13.1. The molecule has 14 heavy (non-hydrogen) atoms. The molecule has 0 aromatic carbocycles. The molecule has 1 N–H and O–H groups in total. The molecule has 0 saturated carbocycles. The largest absolute Gasteiger partial charge is 0.346 e. The van der Waals surface area contributed by atoms with Crippen molar-refractivity contribution in [3.05, 3.63) is 40.0 Å². The predicted molar refractivity (Wildman–Crippen MR) is 61.9 cm³/mol. The summed E-state index contributed by atoms with van der Waals surface area (Å²) in [4.78, 5) is 3.96. The molecule has 2 rings (SSSR count). The number of nitrogens with one attached hydrogen (secondary N) is 1. The van der Waals surface area contributed by atoms with Crippen LogP contribution in [-0.2, 0) is 0 Å². The summed E-state index contributed by atoms with van der Waals surface area (Å²) in [7, 11) is 0. The van der Waals surface area contributed by atoms with E-state index in [-0.39, 0.29) is 0 Å². The molecule has 0 saturated heterocycles. The van der Waals surface area contributed by atoms with Gasteiger partial charge < -0.3 is 5.32 Å². The second-order valence-electron chi connectivity index (χ2n) is 2.62. The lowest BCUT2D eigenvalue weighted by atomic mass is 10.4. The van der Waals surface area contributed by atoms with Crippen LogP contribution in [0.2, 0.25) is 9.36 Å². The van der Waals surface area contributed by atoms with Crippen LogP contribution >= 0.6 is 34.5 Å². The average molecular weight is 245 g/mol. The Labute approximate surface area is 95.5 Å².